The fourth-order valence-corrected chi connectivity index (χ4v) is 4.57. The van der Waals surface area contributed by atoms with Crippen LogP contribution < -0.4 is 10.6 Å². The topological polar surface area (TPSA) is 74.3 Å². The van der Waals surface area contributed by atoms with Gasteiger partial charge in [-0.05, 0) is 44.9 Å². The van der Waals surface area contributed by atoms with E-state index in [1.165, 1.54) is 4.70 Å². The first-order chi connectivity index (χ1) is 13.1. The van der Waals surface area contributed by atoms with Crippen LogP contribution in [0.15, 0.2) is 24.3 Å². The standard InChI is InChI=1S/C20H28N4O2S/c1-3-11-21-19(26)14(2)22-18(25)13-24-12-7-6-9-16(24)20-23-15-8-4-5-10-17(15)27-20/h4-5,8,10,14,16H,3,6-7,9,11-13H2,1-2H3,(H,21,26)(H,22,25)/t14-,16-/m1/s1. The fourth-order valence-electron chi connectivity index (χ4n) is 3.43. The van der Waals surface area contributed by atoms with Gasteiger partial charge in [0.15, 0.2) is 0 Å². The number of likely N-dealkylation sites (tertiary alicyclic amines) is 1. The highest BCUT2D eigenvalue weighted by Crippen LogP contribution is 2.35. The lowest BCUT2D eigenvalue weighted by molar-refractivity contribution is -0.129. The molecule has 27 heavy (non-hydrogen) atoms. The van der Waals surface area contributed by atoms with Crippen LogP contribution >= 0.6 is 11.3 Å². The molecule has 0 unspecified atom stereocenters. The van der Waals surface area contributed by atoms with Gasteiger partial charge in [-0.15, -0.1) is 11.3 Å². The minimum Gasteiger partial charge on any atom is -0.354 e. The molecule has 3 rings (SSSR count). The predicted molar refractivity (Wildman–Crippen MR) is 109 cm³/mol. The Kier molecular flexibility index (Phi) is 6.79. The summed E-state index contributed by atoms with van der Waals surface area (Å²) in [5.74, 6) is -0.242. The molecular formula is C20H28N4O2S. The molecule has 0 saturated carbocycles. The highest BCUT2D eigenvalue weighted by Gasteiger charge is 2.28. The maximum atomic E-state index is 12.5. The first-order valence-corrected chi connectivity index (χ1v) is 10.6. The van der Waals surface area contributed by atoms with Crippen molar-refractivity contribution in [3.63, 3.8) is 0 Å². The summed E-state index contributed by atoms with van der Waals surface area (Å²) in [6.45, 7) is 5.54. The van der Waals surface area contributed by atoms with Crippen LogP contribution in [0.3, 0.4) is 0 Å². The van der Waals surface area contributed by atoms with Gasteiger partial charge in [0.05, 0.1) is 22.8 Å². The van der Waals surface area contributed by atoms with Crippen LogP contribution in [0.1, 0.15) is 50.6 Å². The molecule has 1 saturated heterocycles. The van der Waals surface area contributed by atoms with Crippen molar-refractivity contribution in [1.82, 2.24) is 20.5 Å². The van der Waals surface area contributed by atoms with E-state index >= 15 is 0 Å². The highest BCUT2D eigenvalue weighted by molar-refractivity contribution is 7.18. The van der Waals surface area contributed by atoms with E-state index < -0.39 is 6.04 Å². The summed E-state index contributed by atoms with van der Waals surface area (Å²) in [7, 11) is 0. The number of para-hydroxylation sites is 1. The highest BCUT2D eigenvalue weighted by atomic mass is 32.1. The molecule has 146 valence electrons. The number of aromatic nitrogens is 1. The van der Waals surface area contributed by atoms with Crippen molar-refractivity contribution in [3.8, 4) is 0 Å². The Bertz CT molecular complexity index is 758. The zero-order valence-electron chi connectivity index (χ0n) is 16.0. The fraction of sp³-hybridized carbons (Fsp3) is 0.550. The summed E-state index contributed by atoms with van der Waals surface area (Å²) in [5, 5.41) is 6.72. The third-order valence-corrected chi connectivity index (χ3v) is 6.01. The Balaban J connectivity index is 1.63. The van der Waals surface area contributed by atoms with Crippen molar-refractivity contribution in [3.05, 3.63) is 29.3 Å². The molecule has 0 bridgehead atoms. The number of amides is 2. The number of hydrogen-bond donors (Lipinski definition) is 2. The molecule has 2 heterocycles. The van der Waals surface area contributed by atoms with Crippen molar-refractivity contribution in [1.29, 1.82) is 0 Å². The van der Waals surface area contributed by atoms with E-state index in [-0.39, 0.29) is 17.9 Å². The first kappa shape index (κ1) is 19.8. The zero-order chi connectivity index (χ0) is 19.2. The molecule has 2 amide bonds. The number of carbonyl (C=O) groups excluding carboxylic acids is 2. The Morgan fingerprint density at radius 2 is 2.15 bits per heavy atom. The van der Waals surface area contributed by atoms with Gasteiger partial charge in [-0.25, -0.2) is 4.98 Å². The van der Waals surface area contributed by atoms with Gasteiger partial charge in [0.25, 0.3) is 0 Å². The van der Waals surface area contributed by atoms with Crippen molar-refractivity contribution < 1.29 is 9.59 Å². The molecule has 0 radical (unpaired) electrons. The summed E-state index contributed by atoms with van der Waals surface area (Å²) in [5.41, 5.74) is 1.02. The smallest absolute Gasteiger partial charge is 0.242 e. The Labute approximate surface area is 164 Å². The summed E-state index contributed by atoms with van der Waals surface area (Å²) >= 11 is 1.71. The second kappa shape index (κ2) is 9.28. The largest absolute Gasteiger partial charge is 0.354 e. The lowest BCUT2D eigenvalue weighted by Crippen LogP contribution is -2.49. The van der Waals surface area contributed by atoms with Crippen LogP contribution in [0.25, 0.3) is 10.2 Å². The number of hydrogen-bond acceptors (Lipinski definition) is 5. The van der Waals surface area contributed by atoms with E-state index in [0.29, 0.717) is 13.1 Å². The number of thiazole rings is 1. The average molecular weight is 389 g/mol. The lowest BCUT2D eigenvalue weighted by atomic mass is 10.0. The molecule has 2 aromatic rings. The minimum atomic E-state index is -0.519. The summed E-state index contributed by atoms with van der Waals surface area (Å²) < 4.78 is 1.18. The molecule has 7 heteroatoms. The van der Waals surface area contributed by atoms with E-state index in [9.17, 15) is 9.59 Å². The maximum absolute atomic E-state index is 12.5. The van der Waals surface area contributed by atoms with Gasteiger partial charge in [-0.3, -0.25) is 14.5 Å². The number of piperidine rings is 1. The second-order valence-electron chi connectivity index (χ2n) is 7.08. The Morgan fingerprint density at radius 1 is 1.33 bits per heavy atom. The molecular weight excluding hydrogens is 360 g/mol. The molecule has 2 N–H and O–H groups in total. The number of rotatable bonds is 7. The minimum absolute atomic E-state index is 0.109. The number of benzene rings is 1. The predicted octanol–water partition coefficient (Wildman–Crippen LogP) is 2.85. The van der Waals surface area contributed by atoms with Crippen molar-refractivity contribution >= 4 is 33.4 Å². The van der Waals surface area contributed by atoms with Crippen LogP contribution in [-0.2, 0) is 9.59 Å². The average Bonchev–Trinajstić information content (AvgIpc) is 3.10. The van der Waals surface area contributed by atoms with E-state index in [1.807, 2.05) is 25.1 Å². The zero-order valence-corrected chi connectivity index (χ0v) is 16.8. The van der Waals surface area contributed by atoms with Crippen LogP contribution in [0.2, 0.25) is 0 Å². The molecule has 0 aliphatic carbocycles. The SMILES string of the molecule is CCCNC(=O)[C@@H](C)NC(=O)CN1CCCC[C@@H]1c1nc2ccccc2s1. The maximum Gasteiger partial charge on any atom is 0.242 e. The number of carbonyl (C=O) groups is 2. The molecule has 1 aliphatic heterocycles. The third kappa shape index (κ3) is 5.05. The van der Waals surface area contributed by atoms with Crippen molar-refractivity contribution in [2.24, 2.45) is 0 Å². The molecule has 1 aromatic heterocycles. The lowest BCUT2D eigenvalue weighted by Gasteiger charge is -2.34. The molecule has 2 atom stereocenters. The van der Waals surface area contributed by atoms with E-state index in [1.54, 1.807) is 18.3 Å². The monoisotopic (exact) mass is 388 g/mol. The van der Waals surface area contributed by atoms with E-state index in [4.69, 9.17) is 4.98 Å². The van der Waals surface area contributed by atoms with Crippen LogP contribution in [0, 0.1) is 0 Å². The van der Waals surface area contributed by atoms with Gasteiger partial charge in [0.1, 0.15) is 11.0 Å². The Hall–Kier alpha value is -1.99. The van der Waals surface area contributed by atoms with Crippen LogP contribution in [-0.4, -0.2) is 47.4 Å². The molecule has 0 spiro atoms. The van der Waals surface area contributed by atoms with Crippen LogP contribution in [0.5, 0.6) is 0 Å². The van der Waals surface area contributed by atoms with E-state index in [2.05, 4.69) is 21.6 Å². The van der Waals surface area contributed by atoms with Crippen molar-refractivity contribution in [2.75, 3.05) is 19.6 Å². The quantitative estimate of drug-likeness (QED) is 0.765. The van der Waals surface area contributed by atoms with E-state index in [0.717, 1.165) is 42.8 Å². The summed E-state index contributed by atoms with van der Waals surface area (Å²) in [6.07, 6.45) is 4.12. The molecule has 6 nitrogen and oxygen atoms in total. The van der Waals surface area contributed by atoms with Gasteiger partial charge in [-0.2, -0.15) is 0 Å². The van der Waals surface area contributed by atoms with Gasteiger partial charge in [0, 0.05) is 6.54 Å². The second-order valence-corrected chi connectivity index (χ2v) is 8.14. The van der Waals surface area contributed by atoms with Gasteiger partial charge in [-0.1, -0.05) is 25.5 Å². The molecule has 1 aliphatic rings. The molecule has 1 aromatic carbocycles. The summed E-state index contributed by atoms with van der Waals surface area (Å²) in [4.78, 5) is 31.5. The van der Waals surface area contributed by atoms with Gasteiger partial charge >= 0.3 is 0 Å². The first-order valence-electron chi connectivity index (χ1n) is 9.75. The Morgan fingerprint density at radius 3 is 2.93 bits per heavy atom. The van der Waals surface area contributed by atoms with Crippen molar-refractivity contribution in [2.45, 2.75) is 51.6 Å². The number of fused-ring (bicyclic) bond motifs is 1. The van der Waals surface area contributed by atoms with Gasteiger partial charge in [0.2, 0.25) is 11.8 Å². The normalized spacial score (nSPS) is 19.0. The molecule has 1 fully saturated rings. The van der Waals surface area contributed by atoms with Crippen LogP contribution in [0.4, 0.5) is 0 Å². The number of nitrogens with zero attached hydrogens (tertiary/aromatic N) is 2. The number of nitrogens with one attached hydrogen (secondary N) is 2. The summed E-state index contributed by atoms with van der Waals surface area (Å²) in [6, 6.07) is 7.81. The third-order valence-electron chi connectivity index (χ3n) is 4.88. The van der Waals surface area contributed by atoms with Gasteiger partial charge < -0.3 is 10.6 Å².